The zero-order chi connectivity index (χ0) is 36.9. The van der Waals surface area contributed by atoms with Gasteiger partial charge in [-0.1, -0.05) is 131 Å². The molecule has 6 unspecified atom stereocenters. The van der Waals surface area contributed by atoms with Crippen LogP contribution < -0.4 is 4.90 Å². The van der Waals surface area contributed by atoms with E-state index < -0.39 is 0 Å². The predicted octanol–water partition coefficient (Wildman–Crippen LogP) is 14.2. The fourth-order valence-electron chi connectivity index (χ4n) is 14.0. The summed E-state index contributed by atoms with van der Waals surface area (Å²) in [7, 11) is 0. The van der Waals surface area contributed by atoms with Crippen molar-refractivity contribution >= 4 is 17.1 Å². The van der Waals surface area contributed by atoms with E-state index in [2.05, 4.69) is 172 Å². The number of anilines is 3. The van der Waals surface area contributed by atoms with Crippen molar-refractivity contribution < 1.29 is 0 Å². The Morgan fingerprint density at radius 2 is 1.07 bits per heavy atom. The molecule has 6 atom stereocenters. The molecular formula is C54H51N. The van der Waals surface area contributed by atoms with Crippen molar-refractivity contribution in [3.05, 3.63) is 162 Å². The van der Waals surface area contributed by atoms with Crippen LogP contribution in [0.4, 0.5) is 17.1 Å². The summed E-state index contributed by atoms with van der Waals surface area (Å²) in [4.78, 5) is 2.49. The van der Waals surface area contributed by atoms with Crippen LogP contribution in [0, 0.1) is 29.1 Å². The number of rotatable bonds is 5. The van der Waals surface area contributed by atoms with E-state index in [1.54, 1.807) is 11.1 Å². The van der Waals surface area contributed by atoms with Crippen LogP contribution in [0.3, 0.4) is 0 Å². The highest BCUT2D eigenvalue weighted by Crippen LogP contribution is 2.90. The van der Waals surface area contributed by atoms with E-state index in [1.807, 2.05) is 0 Å². The summed E-state index contributed by atoms with van der Waals surface area (Å²) in [5.41, 5.74) is 19.3. The quantitative estimate of drug-likeness (QED) is 0.172. The van der Waals surface area contributed by atoms with Gasteiger partial charge >= 0.3 is 0 Å². The van der Waals surface area contributed by atoms with Gasteiger partial charge < -0.3 is 4.90 Å². The lowest BCUT2D eigenvalue weighted by molar-refractivity contribution is -0.231. The molecule has 4 saturated carbocycles. The topological polar surface area (TPSA) is 3.24 Å². The van der Waals surface area contributed by atoms with Gasteiger partial charge in [0, 0.05) is 22.5 Å². The van der Waals surface area contributed by atoms with Crippen LogP contribution in [0.25, 0.3) is 33.4 Å². The maximum atomic E-state index is 2.51. The lowest BCUT2D eigenvalue weighted by Crippen LogP contribution is -2.73. The van der Waals surface area contributed by atoms with Crippen LogP contribution in [-0.2, 0) is 16.2 Å². The molecule has 1 nitrogen and oxygen atoms in total. The minimum absolute atomic E-state index is 0.133. The number of nitrogens with zero attached hydrogens (tertiary/aromatic N) is 1. The van der Waals surface area contributed by atoms with Crippen LogP contribution in [0.5, 0.6) is 0 Å². The second-order valence-corrected chi connectivity index (χ2v) is 19.6. The summed E-state index contributed by atoms with van der Waals surface area (Å²) in [6.07, 6.45) is 8.29. The Morgan fingerprint density at radius 1 is 0.473 bits per heavy atom. The smallest absolute Gasteiger partial charge is 0.0464 e. The first-order valence-corrected chi connectivity index (χ1v) is 21.1. The maximum Gasteiger partial charge on any atom is 0.0464 e. The Labute approximate surface area is 327 Å². The summed E-state index contributed by atoms with van der Waals surface area (Å²) in [5.74, 6) is 3.55. The van der Waals surface area contributed by atoms with E-state index in [0.717, 1.165) is 23.7 Å². The maximum absolute atomic E-state index is 2.51. The summed E-state index contributed by atoms with van der Waals surface area (Å²) >= 11 is 0. The number of benzene rings is 6. The van der Waals surface area contributed by atoms with Gasteiger partial charge in [-0.25, -0.2) is 0 Å². The van der Waals surface area contributed by atoms with Crippen LogP contribution in [0.15, 0.2) is 140 Å². The summed E-state index contributed by atoms with van der Waals surface area (Å²) in [6, 6.07) is 53.6. The third-order valence-corrected chi connectivity index (χ3v) is 16.4. The largest absolute Gasteiger partial charge is 0.310 e. The Kier molecular flexibility index (Phi) is 6.42. The molecule has 2 spiro atoms. The van der Waals surface area contributed by atoms with Crippen LogP contribution in [-0.4, -0.2) is 0 Å². The van der Waals surface area contributed by atoms with Crippen molar-refractivity contribution in [2.45, 2.75) is 82.5 Å². The van der Waals surface area contributed by atoms with Gasteiger partial charge in [-0.2, -0.15) is 0 Å². The summed E-state index contributed by atoms with van der Waals surface area (Å²) in [5, 5.41) is 0. The zero-order valence-corrected chi connectivity index (χ0v) is 32.8. The average Bonchev–Trinajstić information content (AvgIpc) is 3.85. The molecule has 272 valence electrons. The van der Waals surface area contributed by atoms with Crippen molar-refractivity contribution in [3.8, 4) is 33.4 Å². The lowest BCUT2D eigenvalue weighted by atomic mass is 9.26. The monoisotopic (exact) mass is 713 g/mol. The lowest BCUT2D eigenvalue weighted by Gasteiger charge is -2.76. The first-order valence-electron chi connectivity index (χ1n) is 21.1. The molecular weight excluding hydrogens is 663 g/mol. The minimum Gasteiger partial charge on any atom is -0.310 e. The number of fused-ring (bicyclic) bond motifs is 9. The van der Waals surface area contributed by atoms with Crippen molar-refractivity contribution in [1.29, 1.82) is 0 Å². The van der Waals surface area contributed by atoms with E-state index >= 15 is 0 Å². The molecule has 0 heterocycles. The van der Waals surface area contributed by atoms with E-state index in [1.165, 1.54) is 100 Å². The fraction of sp³-hybridized carbons (Fsp3) is 0.333. The second kappa shape index (κ2) is 10.9. The highest BCUT2D eigenvalue weighted by molar-refractivity contribution is 5.91. The zero-order valence-electron chi connectivity index (χ0n) is 32.8. The summed E-state index contributed by atoms with van der Waals surface area (Å²) < 4.78 is 0. The number of hydrogen-bond donors (Lipinski definition) is 0. The SMILES string of the molecule is CC1(C)CCC(C)(C)c2cc(N(c3ccc(-c4ccccc4)cc3)c3ccc(-c4cccc5c4C4(c6ccccc6-5)C5CC6CC7CC4C75C6)cc3)ccc21. The van der Waals surface area contributed by atoms with Crippen molar-refractivity contribution in [2.75, 3.05) is 4.90 Å². The molecule has 0 N–H and O–H groups in total. The molecule has 6 aromatic rings. The van der Waals surface area contributed by atoms with Crippen LogP contribution in [0.2, 0.25) is 0 Å². The molecule has 6 aliphatic carbocycles. The summed E-state index contributed by atoms with van der Waals surface area (Å²) in [6.45, 7) is 9.72. The van der Waals surface area contributed by atoms with E-state index in [0.29, 0.717) is 5.41 Å². The van der Waals surface area contributed by atoms with Gasteiger partial charge in [-0.3, -0.25) is 0 Å². The standard InChI is InChI=1S/C54H51N/c1-51(2)27-28-52(3,4)47-32-41(25-26-46(47)51)55(39-21-17-36(18-22-39)35-11-6-5-7-12-35)40-23-19-37(20-24-40)42-14-10-15-44-43-13-8-9-16-45(43)54(50(42)44)48-30-34-29-38-31-49(54)53(38,48)33-34/h5-26,32,34,38,48-49H,27-31,33H2,1-4H3. The average molecular weight is 714 g/mol. The van der Waals surface area contributed by atoms with E-state index in [4.69, 9.17) is 0 Å². The normalized spacial score (nSPS) is 29.1. The van der Waals surface area contributed by atoms with Gasteiger partial charge in [0.1, 0.15) is 0 Å². The third kappa shape index (κ3) is 4.10. The molecule has 0 amide bonds. The molecule has 12 rings (SSSR count). The molecule has 55 heavy (non-hydrogen) atoms. The highest BCUT2D eigenvalue weighted by Gasteiger charge is 2.84. The van der Waals surface area contributed by atoms with Gasteiger partial charge in [0.05, 0.1) is 0 Å². The highest BCUT2D eigenvalue weighted by atomic mass is 15.1. The molecule has 0 radical (unpaired) electrons. The molecule has 2 bridgehead atoms. The van der Waals surface area contributed by atoms with Gasteiger partial charge in [-0.05, 0) is 170 Å². The van der Waals surface area contributed by atoms with Gasteiger partial charge in [0.15, 0.2) is 0 Å². The van der Waals surface area contributed by atoms with Crippen molar-refractivity contribution in [3.63, 3.8) is 0 Å². The second-order valence-electron chi connectivity index (χ2n) is 19.6. The van der Waals surface area contributed by atoms with Crippen molar-refractivity contribution in [2.24, 2.45) is 29.1 Å². The molecule has 1 heteroatoms. The van der Waals surface area contributed by atoms with Crippen LogP contribution in [0.1, 0.15) is 88.5 Å². The first kappa shape index (κ1) is 32.4. The Balaban J connectivity index is 0.982. The van der Waals surface area contributed by atoms with Gasteiger partial charge in [-0.15, -0.1) is 0 Å². The van der Waals surface area contributed by atoms with E-state index in [9.17, 15) is 0 Å². The Morgan fingerprint density at radius 3 is 1.82 bits per heavy atom. The molecule has 6 aliphatic rings. The van der Waals surface area contributed by atoms with Gasteiger partial charge in [0.2, 0.25) is 0 Å². The fourth-order valence-corrected chi connectivity index (χ4v) is 14.0. The Hall–Kier alpha value is -4.88. The first-order chi connectivity index (χ1) is 26.7. The molecule has 4 fully saturated rings. The van der Waals surface area contributed by atoms with E-state index in [-0.39, 0.29) is 16.2 Å². The van der Waals surface area contributed by atoms with Gasteiger partial charge in [0.25, 0.3) is 0 Å². The molecule has 6 aromatic carbocycles. The Bertz CT molecular complexity index is 2520. The van der Waals surface area contributed by atoms with Crippen molar-refractivity contribution in [1.82, 2.24) is 0 Å². The minimum atomic E-state index is 0.133. The molecule has 0 aromatic heterocycles. The predicted molar refractivity (Wildman–Crippen MR) is 228 cm³/mol. The third-order valence-electron chi connectivity index (χ3n) is 16.4. The molecule has 0 saturated heterocycles. The van der Waals surface area contributed by atoms with Crippen LogP contribution >= 0.6 is 0 Å². The molecule has 0 aliphatic heterocycles. The number of hydrogen-bond acceptors (Lipinski definition) is 1.